The van der Waals surface area contributed by atoms with Crippen molar-refractivity contribution in [2.45, 2.75) is 20.4 Å². The van der Waals surface area contributed by atoms with Crippen LogP contribution in [0.3, 0.4) is 0 Å². The van der Waals surface area contributed by atoms with Crippen molar-refractivity contribution in [1.29, 1.82) is 0 Å². The quantitative estimate of drug-likeness (QED) is 0.770. The average molecular weight is 267 g/mol. The first kappa shape index (κ1) is 15.9. The molecule has 0 heterocycles. The summed E-state index contributed by atoms with van der Waals surface area (Å²) in [6.07, 6.45) is 0. The predicted molar refractivity (Wildman–Crippen MR) is 79.5 cm³/mol. The van der Waals surface area contributed by atoms with Crippen LogP contribution in [0.5, 0.6) is 0 Å². The summed E-state index contributed by atoms with van der Waals surface area (Å²) in [6.45, 7) is 8.03. The van der Waals surface area contributed by atoms with Crippen molar-refractivity contribution < 1.29 is 4.39 Å². The Balaban J connectivity index is 2.72. The van der Waals surface area contributed by atoms with Gasteiger partial charge < -0.3 is 10.6 Å². The fraction of sp³-hybridized carbons (Fsp3) is 0.600. The Kier molecular flexibility index (Phi) is 6.25. The minimum Gasteiger partial charge on any atom is -0.396 e. The molecule has 0 fully saturated rings. The summed E-state index contributed by atoms with van der Waals surface area (Å²) in [4.78, 5) is 4.48. The standard InChI is InChI=1S/C15H26FN3/c1-12(2)10-19(9-8-18(3)4)11-13-6-5-7-14(16)15(13)17/h5-7,12H,8-11,17H2,1-4H3. The van der Waals surface area contributed by atoms with Crippen molar-refractivity contribution in [3.63, 3.8) is 0 Å². The number of nitrogen functional groups attached to an aromatic ring is 1. The fourth-order valence-electron chi connectivity index (χ4n) is 2.05. The highest BCUT2D eigenvalue weighted by atomic mass is 19.1. The first-order valence-electron chi connectivity index (χ1n) is 6.80. The van der Waals surface area contributed by atoms with Crippen LogP contribution in [0.2, 0.25) is 0 Å². The van der Waals surface area contributed by atoms with Crippen molar-refractivity contribution in [1.82, 2.24) is 9.80 Å². The first-order chi connectivity index (χ1) is 8.90. The van der Waals surface area contributed by atoms with Crippen LogP contribution in [0, 0.1) is 11.7 Å². The Morgan fingerprint density at radius 2 is 1.89 bits per heavy atom. The van der Waals surface area contributed by atoms with Crippen LogP contribution in [0.15, 0.2) is 18.2 Å². The highest BCUT2D eigenvalue weighted by Crippen LogP contribution is 2.18. The van der Waals surface area contributed by atoms with Crippen LogP contribution in [0.1, 0.15) is 19.4 Å². The van der Waals surface area contributed by atoms with Crippen LogP contribution in [0.25, 0.3) is 0 Å². The lowest BCUT2D eigenvalue weighted by Crippen LogP contribution is -2.34. The Hall–Kier alpha value is -1.13. The van der Waals surface area contributed by atoms with Gasteiger partial charge in [0.05, 0.1) is 5.69 Å². The zero-order valence-corrected chi connectivity index (χ0v) is 12.5. The summed E-state index contributed by atoms with van der Waals surface area (Å²) >= 11 is 0. The number of halogens is 1. The number of benzene rings is 1. The van der Waals surface area contributed by atoms with Gasteiger partial charge in [-0.2, -0.15) is 0 Å². The second-order valence-corrected chi connectivity index (χ2v) is 5.74. The van der Waals surface area contributed by atoms with Crippen LogP contribution in [-0.2, 0) is 6.54 Å². The Morgan fingerprint density at radius 1 is 1.21 bits per heavy atom. The van der Waals surface area contributed by atoms with Crippen LogP contribution in [-0.4, -0.2) is 43.5 Å². The third-order valence-electron chi connectivity index (χ3n) is 3.02. The summed E-state index contributed by atoms with van der Waals surface area (Å²) in [5.41, 5.74) is 6.96. The van der Waals surface area contributed by atoms with Crippen LogP contribution in [0.4, 0.5) is 10.1 Å². The molecule has 0 aliphatic rings. The molecule has 0 radical (unpaired) electrons. The van der Waals surface area contributed by atoms with Gasteiger partial charge in [-0.15, -0.1) is 0 Å². The molecular formula is C15H26FN3. The second-order valence-electron chi connectivity index (χ2n) is 5.74. The van der Waals surface area contributed by atoms with Crippen molar-refractivity contribution in [3.8, 4) is 0 Å². The molecule has 0 unspecified atom stereocenters. The van der Waals surface area contributed by atoms with E-state index in [1.54, 1.807) is 6.07 Å². The molecule has 1 aromatic rings. The molecule has 108 valence electrons. The Labute approximate surface area is 116 Å². The van der Waals surface area contributed by atoms with E-state index >= 15 is 0 Å². The van der Waals surface area contributed by atoms with Gasteiger partial charge >= 0.3 is 0 Å². The zero-order valence-electron chi connectivity index (χ0n) is 12.5. The average Bonchev–Trinajstić information content (AvgIpc) is 2.31. The molecule has 0 aliphatic carbocycles. The molecule has 0 bridgehead atoms. The van der Waals surface area contributed by atoms with E-state index in [1.807, 2.05) is 6.07 Å². The SMILES string of the molecule is CC(C)CN(CCN(C)C)Cc1cccc(F)c1N. The molecule has 0 aliphatic heterocycles. The van der Waals surface area contributed by atoms with E-state index in [2.05, 4.69) is 37.7 Å². The summed E-state index contributed by atoms with van der Waals surface area (Å²) in [5, 5.41) is 0. The lowest BCUT2D eigenvalue weighted by Gasteiger charge is -2.26. The van der Waals surface area contributed by atoms with E-state index in [1.165, 1.54) is 6.07 Å². The molecule has 0 aromatic heterocycles. The van der Waals surface area contributed by atoms with Gasteiger partial charge in [-0.1, -0.05) is 26.0 Å². The van der Waals surface area contributed by atoms with E-state index in [-0.39, 0.29) is 11.5 Å². The Morgan fingerprint density at radius 3 is 2.47 bits per heavy atom. The van der Waals surface area contributed by atoms with Gasteiger partial charge in [0, 0.05) is 26.2 Å². The summed E-state index contributed by atoms with van der Waals surface area (Å²) in [7, 11) is 4.12. The van der Waals surface area contributed by atoms with Crippen molar-refractivity contribution in [2.75, 3.05) is 39.5 Å². The van der Waals surface area contributed by atoms with E-state index < -0.39 is 0 Å². The second kappa shape index (κ2) is 7.46. The summed E-state index contributed by atoms with van der Waals surface area (Å²) in [5.74, 6) is 0.256. The molecule has 19 heavy (non-hydrogen) atoms. The number of hydrogen-bond donors (Lipinski definition) is 1. The van der Waals surface area contributed by atoms with Gasteiger partial charge in [0.1, 0.15) is 5.82 Å². The maximum Gasteiger partial charge on any atom is 0.146 e. The third-order valence-corrected chi connectivity index (χ3v) is 3.02. The van der Waals surface area contributed by atoms with Gasteiger partial charge in [-0.05, 0) is 31.6 Å². The highest BCUT2D eigenvalue weighted by molar-refractivity contribution is 5.47. The molecule has 3 nitrogen and oxygen atoms in total. The fourth-order valence-corrected chi connectivity index (χ4v) is 2.05. The van der Waals surface area contributed by atoms with Crippen LogP contribution >= 0.6 is 0 Å². The number of nitrogens with zero attached hydrogens (tertiary/aromatic N) is 2. The number of rotatable bonds is 7. The highest BCUT2D eigenvalue weighted by Gasteiger charge is 2.12. The molecule has 0 atom stereocenters. The van der Waals surface area contributed by atoms with Crippen molar-refractivity contribution in [2.24, 2.45) is 5.92 Å². The summed E-state index contributed by atoms with van der Waals surface area (Å²) in [6, 6.07) is 5.04. The normalized spacial score (nSPS) is 11.8. The lowest BCUT2D eigenvalue weighted by molar-refractivity contribution is 0.212. The van der Waals surface area contributed by atoms with Gasteiger partial charge in [0.2, 0.25) is 0 Å². The summed E-state index contributed by atoms with van der Waals surface area (Å²) < 4.78 is 13.5. The minimum atomic E-state index is -0.324. The van der Waals surface area contributed by atoms with E-state index in [0.29, 0.717) is 12.5 Å². The van der Waals surface area contributed by atoms with Gasteiger partial charge in [0.15, 0.2) is 0 Å². The predicted octanol–water partition coefficient (Wildman–Crippen LogP) is 2.43. The molecule has 0 saturated heterocycles. The number of para-hydroxylation sites is 1. The molecule has 0 saturated carbocycles. The van der Waals surface area contributed by atoms with Crippen molar-refractivity contribution in [3.05, 3.63) is 29.6 Å². The third kappa shape index (κ3) is 5.57. The maximum atomic E-state index is 13.5. The number of anilines is 1. The molecule has 1 aromatic carbocycles. The molecular weight excluding hydrogens is 241 g/mol. The monoisotopic (exact) mass is 267 g/mol. The maximum absolute atomic E-state index is 13.5. The topological polar surface area (TPSA) is 32.5 Å². The minimum absolute atomic E-state index is 0.279. The molecule has 4 heteroatoms. The molecule has 2 N–H and O–H groups in total. The lowest BCUT2D eigenvalue weighted by atomic mass is 10.1. The number of nitrogens with two attached hydrogens (primary N) is 1. The molecule has 1 rings (SSSR count). The van der Waals surface area contributed by atoms with E-state index in [9.17, 15) is 4.39 Å². The molecule has 0 spiro atoms. The van der Waals surface area contributed by atoms with Crippen molar-refractivity contribution >= 4 is 5.69 Å². The van der Waals surface area contributed by atoms with E-state index in [0.717, 1.165) is 25.2 Å². The Bertz CT molecular complexity index is 391. The van der Waals surface area contributed by atoms with Gasteiger partial charge in [-0.25, -0.2) is 4.39 Å². The first-order valence-corrected chi connectivity index (χ1v) is 6.80. The van der Waals surface area contributed by atoms with Gasteiger partial charge in [-0.3, -0.25) is 4.90 Å². The number of likely N-dealkylation sites (N-methyl/N-ethyl adjacent to an activating group) is 1. The smallest absolute Gasteiger partial charge is 0.146 e. The number of hydrogen-bond acceptors (Lipinski definition) is 3. The largest absolute Gasteiger partial charge is 0.396 e. The molecule has 0 amide bonds. The van der Waals surface area contributed by atoms with Crippen LogP contribution < -0.4 is 5.73 Å². The van der Waals surface area contributed by atoms with Gasteiger partial charge in [0.25, 0.3) is 0 Å². The van der Waals surface area contributed by atoms with E-state index in [4.69, 9.17) is 5.73 Å². The zero-order chi connectivity index (χ0) is 14.4.